The van der Waals surface area contributed by atoms with Crippen LogP contribution in [-0.4, -0.2) is 54.5 Å². The summed E-state index contributed by atoms with van der Waals surface area (Å²) >= 11 is 5.88. The average molecular weight is 438 g/mol. The largest absolute Gasteiger partial charge is 0.484 e. The van der Waals surface area contributed by atoms with E-state index in [-0.39, 0.29) is 17.9 Å². The SMILES string of the molecule is N#CC1(c2ccccc2)CCC(N2CCN(C(=O)COc3ccc(Cl)cc3)CC2)CC1. The van der Waals surface area contributed by atoms with Crippen molar-refractivity contribution < 1.29 is 9.53 Å². The van der Waals surface area contributed by atoms with Gasteiger partial charge < -0.3 is 9.64 Å². The third kappa shape index (κ3) is 5.03. The maximum atomic E-state index is 12.5. The van der Waals surface area contributed by atoms with E-state index in [1.165, 1.54) is 0 Å². The molecule has 5 nitrogen and oxygen atoms in total. The van der Waals surface area contributed by atoms with Crippen molar-refractivity contribution in [3.05, 3.63) is 65.2 Å². The summed E-state index contributed by atoms with van der Waals surface area (Å²) in [5, 5.41) is 10.6. The highest BCUT2D eigenvalue weighted by Gasteiger charge is 2.39. The highest BCUT2D eigenvalue weighted by atomic mass is 35.5. The Bertz CT molecular complexity index is 910. The minimum Gasteiger partial charge on any atom is -0.484 e. The van der Waals surface area contributed by atoms with Crippen LogP contribution in [-0.2, 0) is 10.2 Å². The molecule has 1 amide bonds. The van der Waals surface area contributed by atoms with Gasteiger partial charge in [0.05, 0.1) is 11.5 Å². The minimum absolute atomic E-state index is 0.0193. The summed E-state index contributed by atoms with van der Waals surface area (Å²) in [4.78, 5) is 16.9. The van der Waals surface area contributed by atoms with Gasteiger partial charge in [-0.3, -0.25) is 9.69 Å². The predicted octanol–water partition coefficient (Wildman–Crippen LogP) is 4.27. The standard InChI is InChI=1S/C25H28ClN3O2/c26-21-6-8-23(9-7-21)31-18-24(30)29-16-14-28(15-17-29)22-10-12-25(19-27,13-11-22)20-4-2-1-3-5-20/h1-9,22H,10-18H2. The molecule has 6 heteroatoms. The Morgan fingerprint density at radius 2 is 1.68 bits per heavy atom. The first kappa shape index (κ1) is 21.7. The number of ether oxygens (including phenoxy) is 1. The zero-order valence-electron chi connectivity index (χ0n) is 17.7. The van der Waals surface area contributed by atoms with Gasteiger partial charge in [-0.05, 0) is 55.5 Å². The Hall–Kier alpha value is -2.55. The zero-order chi connectivity index (χ0) is 21.7. The number of halogens is 1. The second-order valence-electron chi connectivity index (χ2n) is 8.45. The average Bonchev–Trinajstić information content (AvgIpc) is 2.84. The van der Waals surface area contributed by atoms with Crippen LogP contribution < -0.4 is 4.74 Å². The predicted molar refractivity (Wildman–Crippen MR) is 121 cm³/mol. The first-order chi connectivity index (χ1) is 15.1. The summed E-state index contributed by atoms with van der Waals surface area (Å²) in [5.41, 5.74) is 0.793. The number of hydrogen-bond donors (Lipinski definition) is 0. The number of nitrogens with zero attached hydrogens (tertiary/aromatic N) is 3. The second kappa shape index (κ2) is 9.72. The monoisotopic (exact) mass is 437 g/mol. The number of hydrogen-bond acceptors (Lipinski definition) is 4. The van der Waals surface area contributed by atoms with E-state index in [0.29, 0.717) is 16.8 Å². The maximum Gasteiger partial charge on any atom is 0.260 e. The third-order valence-corrected chi connectivity index (χ3v) is 6.96. The number of amides is 1. The molecule has 0 radical (unpaired) electrons. The molecule has 1 saturated heterocycles. The molecule has 1 heterocycles. The molecule has 0 bridgehead atoms. The molecule has 1 saturated carbocycles. The number of benzene rings is 2. The van der Waals surface area contributed by atoms with Crippen LogP contribution in [0.25, 0.3) is 0 Å². The van der Waals surface area contributed by atoms with Crippen molar-refractivity contribution in [3.8, 4) is 11.8 Å². The molecule has 162 valence electrons. The van der Waals surface area contributed by atoms with E-state index in [2.05, 4.69) is 23.1 Å². The summed E-state index contributed by atoms with van der Waals surface area (Å²) in [5.74, 6) is 0.670. The topological polar surface area (TPSA) is 56.6 Å². The lowest BCUT2D eigenvalue weighted by atomic mass is 9.69. The Labute approximate surface area is 189 Å². The second-order valence-corrected chi connectivity index (χ2v) is 8.89. The Morgan fingerprint density at radius 3 is 2.29 bits per heavy atom. The quantitative estimate of drug-likeness (QED) is 0.701. The van der Waals surface area contributed by atoms with Crippen LogP contribution in [0.3, 0.4) is 0 Å². The van der Waals surface area contributed by atoms with Crippen LogP contribution in [0, 0.1) is 11.3 Å². The molecule has 2 aromatic rings. The van der Waals surface area contributed by atoms with Crippen LogP contribution in [0.5, 0.6) is 5.75 Å². The van der Waals surface area contributed by atoms with Gasteiger partial charge in [0.1, 0.15) is 5.75 Å². The van der Waals surface area contributed by atoms with Crippen LogP contribution in [0.1, 0.15) is 31.2 Å². The maximum absolute atomic E-state index is 12.5. The highest BCUT2D eigenvalue weighted by molar-refractivity contribution is 6.30. The van der Waals surface area contributed by atoms with Crippen molar-refractivity contribution >= 4 is 17.5 Å². The van der Waals surface area contributed by atoms with Gasteiger partial charge >= 0.3 is 0 Å². The van der Waals surface area contributed by atoms with Gasteiger partial charge in [0.2, 0.25) is 0 Å². The normalized spacial score (nSPS) is 24.4. The minimum atomic E-state index is -0.353. The molecule has 0 atom stereocenters. The summed E-state index contributed by atoms with van der Waals surface area (Å²) in [6.45, 7) is 3.25. The fraction of sp³-hybridized carbons (Fsp3) is 0.440. The van der Waals surface area contributed by atoms with Crippen LogP contribution in [0.2, 0.25) is 5.02 Å². The van der Waals surface area contributed by atoms with Crippen molar-refractivity contribution in [1.82, 2.24) is 9.80 Å². The van der Waals surface area contributed by atoms with Crippen LogP contribution in [0.15, 0.2) is 54.6 Å². The van der Waals surface area contributed by atoms with Gasteiger partial charge in [0.15, 0.2) is 6.61 Å². The van der Waals surface area contributed by atoms with Crippen molar-refractivity contribution in [3.63, 3.8) is 0 Å². The van der Waals surface area contributed by atoms with Crippen LogP contribution in [0.4, 0.5) is 0 Å². The summed E-state index contributed by atoms with van der Waals surface area (Å²) in [6.07, 6.45) is 3.84. The summed E-state index contributed by atoms with van der Waals surface area (Å²) < 4.78 is 5.60. The number of carbonyl (C=O) groups excluding carboxylic acids is 1. The fourth-order valence-electron chi connectivity index (χ4n) is 4.79. The van der Waals surface area contributed by atoms with Crippen LogP contribution >= 0.6 is 11.6 Å². The summed E-state index contributed by atoms with van der Waals surface area (Å²) in [7, 11) is 0. The molecule has 31 heavy (non-hydrogen) atoms. The lowest BCUT2D eigenvalue weighted by molar-refractivity contribution is -0.135. The smallest absolute Gasteiger partial charge is 0.260 e. The number of carbonyl (C=O) groups is 1. The van der Waals surface area contributed by atoms with Crippen molar-refractivity contribution in [2.75, 3.05) is 32.8 Å². The highest BCUT2D eigenvalue weighted by Crippen LogP contribution is 2.40. The lowest BCUT2D eigenvalue weighted by Gasteiger charge is -2.44. The van der Waals surface area contributed by atoms with Gasteiger partial charge in [-0.15, -0.1) is 0 Å². The molecule has 0 N–H and O–H groups in total. The van der Waals surface area contributed by atoms with E-state index >= 15 is 0 Å². The first-order valence-corrected chi connectivity index (χ1v) is 11.3. The van der Waals surface area contributed by atoms with Gasteiger partial charge in [0, 0.05) is 37.2 Å². The van der Waals surface area contributed by atoms with Crippen molar-refractivity contribution in [2.24, 2.45) is 0 Å². The molecular formula is C25H28ClN3O2. The van der Waals surface area contributed by atoms with E-state index in [9.17, 15) is 10.1 Å². The molecule has 2 aliphatic rings. The van der Waals surface area contributed by atoms with Gasteiger partial charge in [0.25, 0.3) is 5.91 Å². The van der Waals surface area contributed by atoms with E-state index in [0.717, 1.165) is 57.4 Å². The third-order valence-electron chi connectivity index (χ3n) is 6.71. The van der Waals surface area contributed by atoms with E-state index in [1.54, 1.807) is 24.3 Å². The molecule has 2 aromatic carbocycles. The molecule has 0 unspecified atom stereocenters. The van der Waals surface area contributed by atoms with Crippen molar-refractivity contribution in [1.29, 1.82) is 5.26 Å². The molecule has 4 rings (SSSR count). The molecule has 2 fully saturated rings. The fourth-order valence-corrected chi connectivity index (χ4v) is 4.91. The van der Waals surface area contributed by atoms with Gasteiger partial charge in [-0.1, -0.05) is 41.9 Å². The number of nitriles is 1. The van der Waals surface area contributed by atoms with E-state index in [1.807, 2.05) is 23.1 Å². The molecule has 0 aromatic heterocycles. The van der Waals surface area contributed by atoms with E-state index in [4.69, 9.17) is 16.3 Å². The van der Waals surface area contributed by atoms with Gasteiger partial charge in [-0.2, -0.15) is 5.26 Å². The Balaban J connectivity index is 1.24. The van der Waals surface area contributed by atoms with Gasteiger partial charge in [-0.25, -0.2) is 0 Å². The molecule has 1 aliphatic heterocycles. The van der Waals surface area contributed by atoms with Crippen molar-refractivity contribution in [2.45, 2.75) is 37.1 Å². The Morgan fingerprint density at radius 1 is 1.03 bits per heavy atom. The molecule has 1 aliphatic carbocycles. The number of rotatable bonds is 5. The lowest BCUT2D eigenvalue weighted by Crippen LogP contribution is -2.54. The Kier molecular flexibility index (Phi) is 6.80. The summed E-state index contributed by atoms with van der Waals surface area (Å²) in [6, 6.07) is 20.4. The molecule has 0 spiro atoms. The zero-order valence-corrected chi connectivity index (χ0v) is 18.4. The number of piperazine rings is 1. The first-order valence-electron chi connectivity index (χ1n) is 11.0. The van der Waals surface area contributed by atoms with E-state index < -0.39 is 0 Å². The molecular weight excluding hydrogens is 410 g/mol.